The summed E-state index contributed by atoms with van der Waals surface area (Å²) in [5.41, 5.74) is 1.70. The summed E-state index contributed by atoms with van der Waals surface area (Å²) in [6, 6.07) is 9.15. The number of carbonyl (C=O) groups excluding carboxylic acids is 1. The van der Waals surface area contributed by atoms with Crippen molar-refractivity contribution in [3.05, 3.63) is 58.0 Å². The van der Waals surface area contributed by atoms with Gasteiger partial charge in [0.25, 0.3) is 0 Å². The van der Waals surface area contributed by atoms with Gasteiger partial charge in [0.2, 0.25) is 5.78 Å². The van der Waals surface area contributed by atoms with Crippen LogP contribution >= 0.6 is 15.9 Å². The van der Waals surface area contributed by atoms with Crippen LogP contribution in [0.15, 0.2) is 45.5 Å². The van der Waals surface area contributed by atoms with E-state index in [1.807, 2.05) is 25.1 Å². The van der Waals surface area contributed by atoms with E-state index in [4.69, 9.17) is 4.42 Å². The summed E-state index contributed by atoms with van der Waals surface area (Å²) in [6.45, 7) is 1.95. The van der Waals surface area contributed by atoms with Gasteiger partial charge in [-0.3, -0.25) is 4.79 Å². The minimum Gasteiger partial charge on any atom is -0.460 e. The molecule has 1 aromatic heterocycles. The van der Waals surface area contributed by atoms with Crippen LogP contribution in [0.3, 0.4) is 0 Å². The van der Waals surface area contributed by atoms with Crippen molar-refractivity contribution >= 4 is 21.7 Å². The molecule has 3 heteroatoms. The molecule has 76 valence electrons. The fraction of sp³-hybridized carbons (Fsp3) is 0.0833. The van der Waals surface area contributed by atoms with E-state index in [1.54, 1.807) is 12.1 Å². The van der Waals surface area contributed by atoms with Crippen molar-refractivity contribution < 1.29 is 9.21 Å². The number of rotatable bonds is 2. The minimum atomic E-state index is -0.101. The Balaban J connectivity index is 2.41. The zero-order chi connectivity index (χ0) is 10.8. The Hall–Kier alpha value is -1.35. The summed E-state index contributed by atoms with van der Waals surface area (Å²) in [6.07, 6.45) is 1.49. The molecule has 0 aliphatic heterocycles. The lowest BCUT2D eigenvalue weighted by Gasteiger charge is -1.99. The summed E-state index contributed by atoms with van der Waals surface area (Å²) >= 11 is 3.27. The lowest BCUT2D eigenvalue weighted by Crippen LogP contribution is -2.00. The summed E-state index contributed by atoms with van der Waals surface area (Å²) < 4.78 is 5.81. The highest BCUT2D eigenvalue weighted by Gasteiger charge is 2.15. The first-order valence-electron chi connectivity index (χ1n) is 4.53. The van der Waals surface area contributed by atoms with E-state index in [0.717, 1.165) is 5.56 Å². The van der Waals surface area contributed by atoms with E-state index in [2.05, 4.69) is 15.9 Å². The molecular formula is C12H9BrO2. The standard InChI is InChI=1S/C12H9BrO2/c1-8-3-2-4-9(7-8)11(14)12-10(13)5-6-15-12/h2-7H,1H3. The largest absolute Gasteiger partial charge is 0.460 e. The molecule has 2 aromatic rings. The molecule has 0 unspecified atom stereocenters. The Morgan fingerprint density at radius 3 is 2.73 bits per heavy atom. The summed E-state index contributed by atoms with van der Waals surface area (Å²) in [4.78, 5) is 12.0. The molecule has 0 aliphatic rings. The predicted molar refractivity (Wildman–Crippen MR) is 61.0 cm³/mol. The van der Waals surface area contributed by atoms with Crippen molar-refractivity contribution in [3.8, 4) is 0 Å². The van der Waals surface area contributed by atoms with Crippen molar-refractivity contribution in [1.82, 2.24) is 0 Å². The Bertz CT molecular complexity index is 500. The first-order valence-corrected chi connectivity index (χ1v) is 5.32. The van der Waals surface area contributed by atoms with Gasteiger partial charge in [-0.1, -0.05) is 23.8 Å². The molecule has 0 saturated carbocycles. The first-order chi connectivity index (χ1) is 7.18. The zero-order valence-corrected chi connectivity index (χ0v) is 9.74. The molecule has 1 heterocycles. The second-order valence-electron chi connectivity index (χ2n) is 3.30. The van der Waals surface area contributed by atoms with E-state index in [-0.39, 0.29) is 5.78 Å². The summed E-state index contributed by atoms with van der Waals surface area (Å²) in [7, 11) is 0. The zero-order valence-electron chi connectivity index (χ0n) is 8.16. The van der Waals surface area contributed by atoms with E-state index in [1.165, 1.54) is 6.26 Å². The third-order valence-corrected chi connectivity index (χ3v) is 2.73. The third kappa shape index (κ3) is 2.02. The number of ketones is 1. The average molecular weight is 265 g/mol. The van der Waals surface area contributed by atoms with E-state index < -0.39 is 0 Å². The average Bonchev–Trinajstić information content (AvgIpc) is 2.63. The van der Waals surface area contributed by atoms with Gasteiger partial charge in [-0.15, -0.1) is 0 Å². The van der Waals surface area contributed by atoms with E-state index in [0.29, 0.717) is 15.8 Å². The Kier molecular flexibility index (Phi) is 2.73. The van der Waals surface area contributed by atoms with Gasteiger partial charge in [0.15, 0.2) is 5.76 Å². The van der Waals surface area contributed by atoms with Gasteiger partial charge in [-0.2, -0.15) is 0 Å². The molecule has 1 aromatic carbocycles. The third-order valence-electron chi connectivity index (χ3n) is 2.10. The normalized spacial score (nSPS) is 10.3. The molecule has 0 amide bonds. The molecule has 2 rings (SSSR count). The monoisotopic (exact) mass is 264 g/mol. The maximum absolute atomic E-state index is 12.0. The highest BCUT2D eigenvalue weighted by atomic mass is 79.9. The van der Waals surface area contributed by atoms with Crippen LogP contribution in [0, 0.1) is 6.92 Å². The highest BCUT2D eigenvalue weighted by molar-refractivity contribution is 9.10. The molecule has 0 radical (unpaired) electrons. The number of benzene rings is 1. The maximum atomic E-state index is 12.0. The number of furan rings is 1. The van der Waals surface area contributed by atoms with Gasteiger partial charge in [-0.05, 0) is 35.0 Å². The predicted octanol–water partition coefficient (Wildman–Crippen LogP) is 3.58. The second-order valence-corrected chi connectivity index (χ2v) is 4.15. The van der Waals surface area contributed by atoms with Gasteiger partial charge in [-0.25, -0.2) is 0 Å². The van der Waals surface area contributed by atoms with Gasteiger partial charge < -0.3 is 4.42 Å². The van der Waals surface area contributed by atoms with Crippen LogP contribution in [0.2, 0.25) is 0 Å². The number of hydrogen-bond donors (Lipinski definition) is 0. The van der Waals surface area contributed by atoms with Gasteiger partial charge >= 0.3 is 0 Å². The quantitative estimate of drug-likeness (QED) is 0.777. The number of aryl methyl sites for hydroxylation is 1. The fourth-order valence-electron chi connectivity index (χ4n) is 1.37. The molecular weight excluding hydrogens is 256 g/mol. The smallest absolute Gasteiger partial charge is 0.229 e. The molecule has 0 aliphatic carbocycles. The molecule has 0 bridgehead atoms. The Morgan fingerprint density at radius 1 is 1.33 bits per heavy atom. The van der Waals surface area contributed by atoms with Crippen molar-refractivity contribution in [2.45, 2.75) is 6.92 Å². The lowest BCUT2D eigenvalue weighted by molar-refractivity contribution is 0.101. The van der Waals surface area contributed by atoms with Crippen molar-refractivity contribution in [1.29, 1.82) is 0 Å². The number of halogens is 1. The minimum absolute atomic E-state index is 0.101. The number of hydrogen-bond acceptors (Lipinski definition) is 2. The van der Waals surface area contributed by atoms with Crippen molar-refractivity contribution in [3.63, 3.8) is 0 Å². The Labute approximate surface area is 96.0 Å². The van der Waals surface area contributed by atoms with E-state index in [9.17, 15) is 4.79 Å². The highest BCUT2D eigenvalue weighted by Crippen LogP contribution is 2.21. The number of carbonyl (C=O) groups is 1. The topological polar surface area (TPSA) is 30.2 Å². The van der Waals surface area contributed by atoms with Gasteiger partial charge in [0.05, 0.1) is 10.7 Å². The van der Waals surface area contributed by atoms with Crippen LogP contribution in [0.4, 0.5) is 0 Å². The van der Waals surface area contributed by atoms with Crippen LogP contribution in [-0.4, -0.2) is 5.78 Å². The van der Waals surface area contributed by atoms with Gasteiger partial charge in [0.1, 0.15) is 0 Å². The SMILES string of the molecule is Cc1cccc(C(=O)c2occc2Br)c1. The lowest BCUT2D eigenvalue weighted by atomic mass is 10.1. The molecule has 0 atom stereocenters. The van der Waals surface area contributed by atoms with Crippen LogP contribution in [-0.2, 0) is 0 Å². The molecule has 0 N–H and O–H groups in total. The molecule has 15 heavy (non-hydrogen) atoms. The Morgan fingerprint density at radius 2 is 2.13 bits per heavy atom. The fourth-order valence-corrected chi connectivity index (χ4v) is 1.75. The maximum Gasteiger partial charge on any atom is 0.229 e. The molecule has 0 spiro atoms. The first kappa shape index (κ1) is 10.2. The van der Waals surface area contributed by atoms with Crippen LogP contribution in [0.5, 0.6) is 0 Å². The van der Waals surface area contributed by atoms with Crippen LogP contribution < -0.4 is 0 Å². The van der Waals surface area contributed by atoms with E-state index >= 15 is 0 Å². The molecule has 0 saturated heterocycles. The summed E-state index contributed by atoms with van der Waals surface area (Å²) in [5.74, 6) is 0.246. The van der Waals surface area contributed by atoms with Gasteiger partial charge in [0, 0.05) is 5.56 Å². The second kappa shape index (κ2) is 4.03. The van der Waals surface area contributed by atoms with Crippen LogP contribution in [0.1, 0.15) is 21.7 Å². The van der Waals surface area contributed by atoms with Crippen molar-refractivity contribution in [2.75, 3.05) is 0 Å². The molecule has 0 fully saturated rings. The molecule has 2 nitrogen and oxygen atoms in total. The van der Waals surface area contributed by atoms with Crippen LogP contribution in [0.25, 0.3) is 0 Å². The summed E-state index contributed by atoms with van der Waals surface area (Å²) in [5, 5.41) is 0. The van der Waals surface area contributed by atoms with Crippen molar-refractivity contribution in [2.24, 2.45) is 0 Å².